The lowest BCUT2D eigenvalue weighted by molar-refractivity contribution is 0.0742. The Morgan fingerprint density at radius 1 is 1.20 bits per heavy atom. The van der Waals surface area contributed by atoms with Gasteiger partial charge in [-0.05, 0) is 55.0 Å². The molecule has 2 aliphatic rings. The van der Waals surface area contributed by atoms with Crippen molar-refractivity contribution in [1.82, 2.24) is 14.7 Å². The molecule has 1 aliphatic heterocycles. The standard InChI is InChI=1S/C19H23N3O3/c1-25-18-9-14-5-2-4-13(14)8-17(18)19(24)21-6-3-7-22-16(11-21)10-15(12-23)20-22/h8-10,23H,2-7,11-12H2,1H3. The second-order valence-corrected chi connectivity index (χ2v) is 6.76. The Morgan fingerprint density at radius 2 is 2.00 bits per heavy atom. The number of aryl methyl sites for hydroxylation is 3. The first-order valence-electron chi connectivity index (χ1n) is 8.85. The van der Waals surface area contributed by atoms with Crippen molar-refractivity contribution in [3.63, 3.8) is 0 Å². The van der Waals surface area contributed by atoms with E-state index in [0.29, 0.717) is 30.1 Å². The Morgan fingerprint density at radius 3 is 2.76 bits per heavy atom. The van der Waals surface area contributed by atoms with Crippen LogP contribution < -0.4 is 4.74 Å². The van der Waals surface area contributed by atoms with Crippen LogP contribution >= 0.6 is 0 Å². The second kappa shape index (κ2) is 6.52. The summed E-state index contributed by atoms with van der Waals surface area (Å²) in [4.78, 5) is 15.0. The molecule has 0 radical (unpaired) electrons. The van der Waals surface area contributed by atoms with E-state index >= 15 is 0 Å². The van der Waals surface area contributed by atoms with Crippen molar-refractivity contribution in [2.24, 2.45) is 0 Å². The number of hydrogen-bond donors (Lipinski definition) is 1. The molecule has 0 saturated carbocycles. The van der Waals surface area contributed by atoms with E-state index in [1.807, 2.05) is 27.8 Å². The molecule has 0 unspecified atom stereocenters. The van der Waals surface area contributed by atoms with Crippen LogP contribution in [0.2, 0.25) is 0 Å². The van der Waals surface area contributed by atoms with Crippen LogP contribution in [0.15, 0.2) is 18.2 Å². The first-order valence-corrected chi connectivity index (χ1v) is 8.85. The van der Waals surface area contributed by atoms with Gasteiger partial charge in [-0.2, -0.15) is 5.10 Å². The molecule has 1 aliphatic carbocycles. The number of nitrogens with zero attached hydrogens (tertiary/aromatic N) is 3. The Bertz CT molecular complexity index is 812. The molecule has 1 aromatic carbocycles. The Hall–Kier alpha value is -2.34. The van der Waals surface area contributed by atoms with Gasteiger partial charge in [0.25, 0.3) is 5.91 Å². The molecule has 132 valence electrons. The summed E-state index contributed by atoms with van der Waals surface area (Å²) in [5.74, 6) is 0.672. The van der Waals surface area contributed by atoms with Gasteiger partial charge in [0, 0.05) is 13.1 Å². The lowest BCUT2D eigenvalue weighted by Crippen LogP contribution is -2.31. The zero-order valence-corrected chi connectivity index (χ0v) is 14.5. The van der Waals surface area contributed by atoms with E-state index in [0.717, 1.165) is 37.9 Å². The topological polar surface area (TPSA) is 67.6 Å². The normalized spacial score (nSPS) is 16.3. The summed E-state index contributed by atoms with van der Waals surface area (Å²) in [6.45, 7) is 1.88. The highest BCUT2D eigenvalue weighted by molar-refractivity contribution is 5.97. The van der Waals surface area contributed by atoms with Crippen molar-refractivity contribution in [3.8, 4) is 5.75 Å². The lowest BCUT2D eigenvalue weighted by atomic mass is 10.0. The van der Waals surface area contributed by atoms with Crippen molar-refractivity contribution < 1.29 is 14.6 Å². The van der Waals surface area contributed by atoms with Gasteiger partial charge in [0.05, 0.1) is 37.2 Å². The summed E-state index contributed by atoms with van der Waals surface area (Å²) in [5, 5.41) is 13.7. The molecule has 0 fully saturated rings. The number of aliphatic hydroxyl groups excluding tert-OH is 1. The van der Waals surface area contributed by atoms with Gasteiger partial charge < -0.3 is 14.7 Å². The summed E-state index contributed by atoms with van der Waals surface area (Å²) in [6, 6.07) is 5.93. The van der Waals surface area contributed by atoms with Gasteiger partial charge in [0.15, 0.2) is 0 Å². The van der Waals surface area contributed by atoms with E-state index in [-0.39, 0.29) is 12.5 Å². The molecule has 2 aromatic rings. The van der Waals surface area contributed by atoms with Crippen LogP contribution in [0.5, 0.6) is 5.75 Å². The molecule has 6 nitrogen and oxygen atoms in total. The highest BCUT2D eigenvalue weighted by atomic mass is 16.5. The van der Waals surface area contributed by atoms with Crippen LogP contribution in [0, 0.1) is 0 Å². The van der Waals surface area contributed by atoms with Crippen molar-refractivity contribution in [2.75, 3.05) is 13.7 Å². The summed E-state index contributed by atoms with van der Waals surface area (Å²) < 4.78 is 7.41. The number of amides is 1. The third kappa shape index (κ3) is 2.91. The smallest absolute Gasteiger partial charge is 0.257 e. The van der Waals surface area contributed by atoms with Crippen molar-refractivity contribution in [3.05, 3.63) is 46.3 Å². The summed E-state index contributed by atoms with van der Waals surface area (Å²) in [6.07, 6.45) is 4.08. The van der Waals surface area contributed by atoms with E-state index in [4.69, 9.17) is 4.74 Å². The molecule has 25 heavy (non-hydrogen) atoms. The number of rotatable bonds is 3. The fraction of sp³-hybridized carbons (Fsp3) is 0.474. The van der Waals surface area contributed by atoms with Gasteiger partial charge in [-0.3, -0.25) is 9.48 Å². The molecular formula is C19H23N3O3. The van der Waals surface area contributed by atoms with Crippen molar-refractivity contribution in [2.45, 2.75) is 45.4 Å². The summed E-state index contributed by atoms with van der Waals surface area (Å²) >= 11 is 0. The van der Waals surface area contributed by atoms with Crippen molar-refractivity contribution in [1.29, 1.82) is 0 Å². The number of benzene rings is 1. The Balaban J connectivity index is 1.64. The molecule has 0 saturated heterocycles. The molecule has 0 bridgehead atoms. The first-order chi connectivity index (χ1) is 12.2. The minimum atomic E-state index is -0.0768. The number of methoxy groups -OCH3 is 1. The maximum Gasteiger partial charge on any atom is 0.257 e. The summed E-state index contributed by atoms with van der Waals surface area (Å²) in [5.41, 5.74) is 4.84. The highest BCUT2D eigenvalue weighted by Gasteiger charge is 2.26. The third-order valence-electron chi connectivity index (χ3n) is 5.16. The maximum atomic E-state index is 13.2. The Kier molecular flexibility index (Phi) is 4.21. The molecule has 6 heteroatoms. The van der Waals surface area contributed by atoms with Gasteiger partial charge in [-0.15, -0.1) is 0 Å². The van der Waals surface area contributed by atoms with Gasteiger partial charge in [-0.1, -0.05) is 0 Å². The SMILES string of the molecule is COc1cc2c(cc1C(=O)N1CCCn3nc(CO)cc3C1)CCC2. The second-order valence-electron chi connectivity index (χ2n) is 6.76. The number of hydrogen-bond acceptors (Lipinski definition) is 4. The van der Waals surface area contributed by atoms with Crippen LogP contribution in [0.4, 0.5) is 0 Å². The van der Waals surface area contributed by atoms with Crippen LogP contribution in [-0.4, -0.2) is 39.3 Å². The molecule has 0 atom stereocenters. The Labute approximate surface area is 147 Å². The lowest BCUT2D eigenvalue weighted by Gasteiger charge is -2.22. The molecule has 1 amide bonds. The van der Waals surface area contributed by atoms with E-state index in [9.17, 15) is 9.90 Å². The van der Waals surface area contributed by atoms with Crippen LogP contribution in [0.1, 0.15) is 45.7 Å². The molecule has 1 N–H and O–H groups in total. The minimum absolute atomic E-state index is 0.00625. The van der Waals surface area contributed by atoms with Crippen LogP contribution in [0.25, 0.3) is 0 Å². The monoisotopic (exact) mass is 341 g/mol. The average molecular weight is 341 g/mol. The molecule has 2 heterocycles. The average Bonchev–Trinajstić information content (AvgIpc) is 3.20. The molecular weight excluding hydrogens is 318 g/mol. The number of fused-ring (bicyclic) bond motifs is 2. The largest absolute Gasteiger partial charge is 0.496 e. The van der Waals surface area contributed by atoms with Gasteiger partial charge in [0.1, 0.15) is 5.75 Å². The predicted molar refractivity (Wildman–Crippen MR) is 92.5 cm³/mol. The number of carbonyl (C=O) groups is 1. The van der Waals surface area contributed by atoms with Crippen LogP contribution in [-0.2, 0) is 32.5 Å². The first kappa shape index (κ1) is 16.1. The third-order valence-corrected chi connectivity index (χ3v) is 5.16. The summed E-state index contributed by atoms with van der Waals surface area (Å²) in [7, 11) is 1.62. The number of aliphatic hydroxyl groups is 1. The zero-order valence-electron chi connectivity index (χ0n) is 14.5. The van der Waals surface area contributed by atoms with E-state index in [1.54, 1.807) is 7.11 Å². The quantitative estimate of drug-likeness (QED) is 0.926. The van der Waals surface area contributed by atoms with Crippen LogP contribution in [0.3, 0.4) is 0 Å². The van der Waals surface area contributed by atoms with E-state index < -0.39 is 0 Å². The molecule has 4 rings (SSSR count). The molecule has 1 aromatic heterocycles. The van der Waals surface area contributed by atoms with E-state index in [2.05, 4.69) is 5.10 Å². The van der Waals surface area contributed by atoms with Gasteiger partial charge in [-0.25, -0.2) is 0 Å². The number of carbonyl (C=O) groups excluding carboxylic acids is 1. The predicted octanol–water partition coefficient (Wildman–Crippen LogP) is 1.92. The van der Waals surface area contributed by atoms with Crippen molar-refractivity contribution >= 4 is 5.91 Å². The number of ether oxygens (including phenoxy) is 1. The number of aromatic nitrogens is 2. The highest BCUT2D eigenvalue weighted by Crippen LogP contribution is 2.31. The fourth-order valence-electron chi connectivity index (χ4n) is 3.88. The van der Waals surface area contributed by atoms with E-state index in [1.165, 1.54) is 11.1 Å². The maximum absolute atomic E-state index is 13.2. The van der Waals surface area contributed by atoms with Gasteiger partial charge in [0.2, 0.25) is 0 Å². The zero-order chi connectivity index (χ0) is 17.4. The minimum Gasteiger partial charge on any atom is -0.496 e. The fourth-order valence-corrected chi connectivity index (χ4v) is 3.88. The molecule has 0 spiro atoms. The van der Waals surface area contributed by atoms with Gasteiger partial charge >= 0.3 is 0 Å².